The monoisotopic (exact) mass is 328 g/mol. The fourth-order valence-corrected chi connectivity index (χ4v) is 2.91. The molecule has 0 aliphatic carbocycles. The minimum absolute atomic E-state index is 0.266. The van der Waals surface area contributed by atoms with Gasteiger partial charge in [0, 0.05) is 24.2 Å². The molecule has 2 heterocycles. The van der Waals surface area contributed by atoms with Crippen molar-refractivity contribution in [1.29, 1.82) is 0 Å². The Hall–Kier alpha value is -2.67. The summed E-state index contributed by atoms with van der Waals surface area (Å²) >= 11 is 1.38. The fourth-order valence-electron chi connectivity index (χ4n) is 2.20. The van der Waals surface area contributed by atoms with Gasteiger partial charge in [0.25, 0.3) is 5.91 Å². The van der Waals surface area contributed by atoms with Gasteiger partial charge in [-0.2, -0.15) is 5.10 Å². The maximum absolute atomic E-state index is 12.1. The Morgan fingerprint density at radius 2 is 2.17 bits per heavy atom. The molecule has 6 nitrogen and oxygen atoms in total. The van der Waals surface area contributed by atoms with E-state index in [-0.39, 0.29) is 5.91 Å². The minimum Gasteiger partial charge on any atom is -0.496 e. The zero-order valence-electron chi connectivity index (χ0n) is 13.0. The number of hydrogen-bond donors (Lipinski definition) is 1. The summed E-state index contributed by atoms with van der Waals surface area (Å²) in [5, 5.41) is 9.29. The molecule has 0 saturated carbocycles. The van der Waals surface area contributed by atoms with E-state index in [1.54, 1.807) is 31.1 Å². The quantitative estimate of drug-likeness (QED) is 0.799. The van der Waals surface area contributed by atoms with Gasteiger partial charge in [-0.05, 0) is 36.8 Å². The number of aryl methyl sites for hydroxylation is 2. The van der Waals surface area contributed by atoms with E-state index < -0.39 is 0 Å². The first-order valence-corrected chi connectivity index (χ1v) is 7.86. The van der Waals surface area contributed by atoms with Crippen LogP contribution < -0.4 is 10.1 Å². The molecule has 0 atom stereocenters. The summed E-state index contributed by atoms with van der Waals surface area (Å²) in [6.07, 6.45) is 1.72. The van der Waals surface area contributed by atoms with Crippen molar-refractivity contribution in [3.63, 3.8) is 0 Å². The zero-order chi connectivity index (χ0) is 16.4. The predicted molar refractivity (Wildman–Crippen MR) is 90.0 cm³/mol. The topological polar surface area (TPSA) is 69.0 Å². The SMILES string of the molecule is COc1ccc(-c2csc(NC(=O)c3ccn(C)n3)n2)cc1C. The van der Waals surface area contributed by atoms with E-state index in [1.165, 1.54) is 11.3 Å². The van der Waals surface area contributed by atoms with Crippen LogP contribution in [-0.4, -0.2) is 27.8 Å². The van der Waals surface area contributed by atoms with E-state index in [0.717, 1.165) is 22.6 Å². The maximum atomic E-state index is 12.1. The molecule has 0 radical (unpaired) electrons. The number of ether oxygens (including phenoxy) is 1. The maximum Gasteiger partial charge on any atom is 0.277 e. The molecule has 3 aromatic rings. The highest BCUT2D eigenvalue weighted by atomic mass is 32.1. The Bertz CT molecular complexity index is 853. The van der Waals surface area contributed by atoms with Crippen LogP contribution in [0.4, 0.5) is 5.13 Å². The minimum atomic E-state index is -0.266. The molecule has 118 valence electrons. The summed E-state index contributed by atoms with van der Waals surface area (Å²) in [6.45, 7) is 1.98. The van der Waals surface area contributed by atoms with Crippen LogP contribution in [0.15, 0.2) is 35.8 Å². The van der Waals surface area contributed by atoms with Crippen molar-refractivity contribution in [3.8, 4) is 17.0 Å². The number of aromatic nitrogens is 3. The van der Waals surface area contributed by atoms with E-state index in [1.807, 2.05) is 30.5 Å². The lowest BCUT2D eigenvalue weighted by Crippen LogP contribution is -2.12. The molecular weight excluding hydrogens is 312 g/mol. The summed E-state index contributed by atoms with van der Waals surface area (Å²) in [7, 11) is 3.42. The lowest BCUT2D eigenvalue weighted by atomic mass is 10.1. The summed E-state index contributed by atoms with van der Waals surface area (Å²) in [6, 6.07) is 7.54. The van der Waals surface area contributed by atoms with Gasteiger partial charge in [-0.25, -0.2) is 4.98 Å². The van der Waals surface area contributed by atoms with Crippen molar-refractivity contribution in [2.75, 3.05) is 12.4 Å². The number of anilines is 1. The second kappa shape index (κ2) is 6.21. The number of amides is 1. The molecule has 1 N–H and O–H groups in total. The van der Waals surface area contributed by atoms with Crippen LogP contribution >= 0.6 is 11.3 Å². The average molecular weight is 328 g/mol. The van der Waals surface area contributed by atoms with Crippen LogP contribution in [0, 0.1) is 6.92 Å². The van der Waals surface area contributed by atoms with Crippen molar-refractivity contribution < 1.29 is 9.53 Å². The number of thiazole rings is 1. The van der Waals surface area contributed by atoms with Crippen LogP contribution in [0.2, 0.25) is 0 Å². The standard InChI is InChI=1S/C16H16N4O2S/c1-10-8-11(4-5-14(10)22-3)13-9-23-16(17-13)18-15(21)12-6-7-20(2)19-12/h4-9H,1-3H3,(H,17,18,21). The molecule has 0 saturated heterocycles. The Kier molecular flexibility index (Phi) is 4.12. The van der Waals surface area contributed by atoms with Crippen molar-refractivity contribution in [2.45, 2.75) is 6.92 Å². The number of carbonyl (C=O) groups excluding carboxylic acids is 1. The zero-order valence-corrected chi connectivity index (χ0v) is 13.8. The van der Waals surface area contributed by atoms with Gasteiger partial charge in [0.1, 0.15) is 5.75 Å². The summed E-state index contributed by atoms with van der Waals surface area (Å²) in [4.78, 5) is 16.5. The van der Waals surface area contributed by atoms with Crippen molar-refractivity contribution in [2.24, 2.45) is 7.05 Å². The van der Waals surface area contributed by atoms with Gasteiger partial charge < -0.3 is 4.74 Å². The third kappa shape index (κ3) is 3.24. The lowest BCUT2D eigenvalue weighted by molar-refractivity contribution is 0.102. The Balaban J connectivity index is 1.78. The van der Waals surface area contributed by atoms with Crippen LogP contribution in [0.5, 0.6) is 5.75 Å². The largest absolute Gasteiger partial charge is 0.496 e. The third-order valence-corrected chi connectivity index (χ3v) is 4.12. The molecule has 1 aromatic carbocycles. The fraction of sp³-hybridized carbons (Fsp3) is 0.188. The summed E-state index contributed by atoms with van der Waals surface area (Å²) in [5.41, 5.74) is 3.21. The molecule has 0 unspecified atom stereocenters. The number of methoxy groups -OCH3 is 1. The first-order valence-electron chi connectivity index (χ1n) is 6.98. The molecule has 2 aromatic heterocycles. The normalized spacial score (nSPS) is 10.6. The third-order valence-electron chi connectivity index (χ3n) is 3.36. The van der Waals surface area contributed by atoms with E-state index in [0.29, 0.717) is 10.8 Å². The van der Waals surface area contributed by atoms with Crippen LogP contribution in [-0.2, 0) is 7.05 Å². The molecule has 0 spiro atoms. The van der Waals surface area contributed by atoms with Crippen LogP contribution in [0.3, 0.4) is 0 Å². The molecular formula is C16H16N4O2S. The van der Waals surface area contributed by atoms with Gasteiger partial charge in [-0.15, -0.1) is 11.3 Å². The molecule has 0 aliphatic heterocycles. The van der Waals surface area contributed by atoms with E-state index in [4.69, 9.17) is 4.74 Å². The van der Waals surface area contributed by atoms with E-state index in [9.17, 15) is 4.79 Å². The highest BCUT2D eigenvalue weighted by Gasteiger charge is 2.12. The van der Waals surface area contributed by atoms with E-state index in [2.05, 4.69) is 15.4 Å². The van der Waals surface area contributed by atoms with Gasteiger partial charge in [-0.3, -0.25) is 14.8 Å². The van der Waals surface area contributed by atoms with Crippen molar-refractivity contribution in [1.82, 2.24) is 14.8 Å². The summed E-state index contributed by atoms with van der Waals surface area (Å²) < 4.78 is 6.85. The number of benzene rings is 1. The van der Waals surface area contributed by atoms with Gasteiger partial charge in [0.2, 0.25) is 0 Å². The van der Waals surface area contributed by atoms with E-state index >= 15 is 0 Å². The van der Waals surface area contributed by atoms with Gasteiger partial charge in [-0.1, -0.05) is 0 Å². The van der Waals surface area contributed by atoms with Crippen molar-refractivity contribution in [3.05, 3.63) is 47.1 Å². The molecule has 0 aliphatic rings. The number of hydrogen-bond acceptors (Lipinski definition) is 5. The lowest BCUT2D eigenvalue weighted by Gasteiger charge is -2.05. The Morgan fingerprint density at radius 3 is 2.83 bits per heavy atom. The molecule has 1 amide bonds. The number of nitrogens with zero attached hydrogens (tertiary/aromatic N) is 3. The molecule has 0 bridgehead atoms. The highest BCUT2D eigenvalue weighted by Crippen LogP contribution is 2.28. The predicted octanol–water partition coefficient (Wildman–Crippen LogP) is 3.11. The Morgan fingerprint density at radius 1 is 1.35 bits per heavy atom. The highest BCUT2D eigenvalue weighted by molar-refractivity contribution is 7.14. The Labute approximate surface area is 137 Å². The average Bonchev–Trinajstić information content (AvgIpc) is 3.16. The van der Waals surface area contributed by atoms with Crippen LogP contribution in [0.25, 0.3) is 11.3 Å². The first-order chi connectivity index (χ1) is 11.1. The smallest absolute Gasteiger partial charge is 0.277 e. The molecule has 0 fully saturated rings. The number of carbonyl (C=O) groups is 1. The van der Waals surface area contributed by atoms with Gasteiger partial charge in [0.05, 0.1) is 12.8 Å². The second-order valence-electron chi connectivity index (χ2n) is 5.05. The second-order valence-corrected chi connectivity index (χ2v) is 5.91. The number of nitrogens with one attached hydrogen (secondary N) is 1. The molecule has 23 heavy (non-hydrogen) atoms. The van der Waals surface area contributed by atoms with Gasteiger partial charge >= 0.3 is 0 Å². The molecule has 3 rings (SSSR count). The number of rotatable bonds is 4. The van der Waals surface area contributed by atoms with Crippen molar-refractivity contribution >= 4 is 22.4 Å². The van der Waals surface area contributed by atoms with Gasteiger partial charge in [0.15, 0.2) is 10.8 Å². The summed E-state index contributed by atoms with van der Waals surface area (Å²) in [5.74, 6) is 0.574. The molecule has 7 heteroatoms. The van der Waals surface area contributed by atoms with Crippen LogP contribution in [0.1, 0.15) is 16.1 Å². The first kappa shape index (κ1) is 15.2.